The minimum Gasteiger partial charge on any atom is -0.481 e. The first kappa shape index (κ1) is 37.6. The summed E-state index contributed by atoms with van der Waals surface area (Å²) >= 11 is 0.411. The zero-order valence-corrected chi connectivity index (χ0v) is 28.2. The van der Waals surface area contributed by atoms with Crippen LogP contribution in [0.5, 0.6) is 5.75 Å². The van der Waals surface area contributed by atoms with Crippen molar-refractivity contribution in [3.05, 3.63) is 81.3 Å². The molecule has 1 unspecified atom stereocenters. The predicted molar refractivity (Wildman–Crippen MR) is 172 cm³/mol. The second-order valence-electron chi connectivity index (χ2n) is 12.8. The lowest BCUT2D eigenvalue weighted by atomic mass is 9.78. The van der Waals surface area contributed by atoms with E-state index in [1.807, 2.05) is 24.3 Å². The average Bonchev–Trinajstić information content (AvgIpc) is 3.56. The Morgan fingerprint density at radius 2 is 1.80 bits per heavy atom. The lowest BCUT2D eigenvalue weighted by molar-refractivity contribution is -0.174. The molecule has 0 aliphatic carbocycles. The van der Waals surface area contributed by atoms with E-state index in [1.165, 1.54) is 10.3 Å². The van der Waals surface area contributed by atoms with E-state index < -0.39 is 58.1 Å². The fourth-order valence-corrected chi connectivity index (χ4v) is 8.01. The van der Waals surface area contributed by atoms with Crippen LogP contribution in [0.3, 0.4) is 0 Å². The van der Waals surface area contributed by atoms with Crippen LogP contribution in [0.15, 0.2) is 54.2 Å². The largest absolute Gasteiger partial charge is 0.481 e. The Labute approximate surface area is 289 Å². The van der Waals surface area contributed by atoms with Crippen LogP contribution < -0.4 is 4.74 Å². The zero-order chi connectivity index (χ0) is 36.3. The van der Waals surface area contributed by atoms with Crippen molar-refractivity contribution in [3.8, 4) is 5.75 Å². The summed E-state index contributed by atoms with van der Waals surface area (Å²) in [6, 6.07) is 8.13. The van der Waals surface area contributed by atoms with Gasteiger partial charge in [-0.15, -0.1) is 11.3 Å². The van der Waals surface area contributed by atoms with E-state index in [0.717, 1.165) is 35.7 Å². The van der Waals surface area contributed by atoms with Gasteiger partial charge in [0.15, 0.2) is 0 Å². The molecule has 272 valence electrons. The van der Waals surface area contributed by atoms with Gasteiger partial charge in [-0.1, -0.05) is 37.6 Å². The molecule has 2 fully saturated rings. The van der Waals surface area contributed by atoms with Crippen molar-refractivity contribution < 1.29 is 50.9 Å². The SMILES string of the molecule is CCC[C@H]1N(C(O)c2cnccc2C(F)(F)F)CCC[C@@]1(Oc1csc(C(F)(F)F)c1)C(=O)N1CCC(c2ccccc2CCC(=O)O)CC1. The molecule has 15 heteroatoms. The number of carboxylic acids is 1. The molecule has 4 heterocycles. The van der Waals surface area contributed by atoms with Crippen LogP contribution in [-0.2, 0) is 28.4 Å². The van der Waals surface area contributed by atoms with Crippen molar-refractivity contribution in [3.63, 3.8) is 0 Å². The van der Waals surface area contributed by atoms with E-state index in [0.29, 0.717) is 37.0 Å². The van der Waals surface area contributed by atoms with Crippen LogP contribution in [0.1, 0.15) is 91.1 Å². The fourth-order valence-electron chi connectivity index (χ4n) is 7.34. The first-order valence-electron chi connectivity index (χ1n) is 16.5. The number of ether oxygens (including phenoxy) is 1. The molecule has 5 rings (SSSR count). The molecule has 8 nitrogen and oxygen atoms in total. The van der Waals surface area contributed by atoms with Crippen molar-refractivity contribution in [2.75, 3.05) is 19.6 Å². The number of aromatic nitrogens is 1. The third kappa shape index (κ3) is 8.10. The number of benzene rings is 1. The molecule has 0 radical (unpaired) electrons. The molecule has 1 aromatic carbocycles. The molecule has 2 saturated heterocycles. The molecule has 2 aliphatic heterocycles. The van der Waals surface area contributed by atoms with Gasteiger partial charge in [0.2, 0.25) is 5.60 Å². The quantitative estimate of drug-likeness (QED) is 0.196. The molecule has 0 saturated carbocycles. The average molecular weight is 728 g/mol. The third-order valence-corrected chi connectivity index (χ3v) is 10.6. The van der Waals surface area contributed by atoms with Crippen LogP contribution in [-0.4, -0.2) is 68.2 Å². The molecular formula is C35H39F6N3O5S. The van der Waals surface area contributed by atoms with E-state index in [4.69, 9.17) is 4.74 Å². The number of carbonyl (C=O) groups is 2. The maximum absolute atomic E-state index is 14.8. The van der Waals surface area contributed by atoms with Gasteiger partial charge < -0.3 is 19.8 Å². The van der Waals surface area contributed by atoms with Crippen molar-refractivity contribution >= 4 is 23.2 Å². The van der Waals surface area contributed by atoms with Gasteiger partial charge >= 0.3 is 18.3 Å². The zero-order valence-electron chi connectivity index (χ0n) is 27.3. The van der Waals surface area contributed by atoms with Gasteiger partial charge in [-0.2, -0.15) is 26.3 Å². The number of hydrogen-bond donors (Lipinski definition) is 2. The highest BCUT2D eigenvalue weighted by Gasteiger charge is 2.56. The van der Waals surface area contributed by atoms with E-state index in [9.17, 15) is 46.1 Å². The summed E-state index contributed by atoms with van der Waals surface area (Å²) in [6.45, 7) is 2.44. The highest BCUT2D eigenvalue weighted by Crippen LogP contribution is 2.45. The molecule has 0 bridgehead atoms. The molecule has 1 amide bonds. The Kier molecular flexibility index (Phi) is 11.5. The number of piperidine rings is 2. The Morgan fingerprint density at radius 3 is 2.44 bits per heavy atom. The number of carboxylic acid groups (broad SMARTS) is 1. The lowest BCUT2D eigenvalue weighted by Gasteiger charge is -2.51. The number of nitrogens with zero attached hydrogens (tertiary/aromatic N) is 3. The minimum atomic E-state index is -4.81. The Bertz CT molecular complexity index is 1640. The van der Waals surface area contributed by atoms with Gasteiger partial charge in [-0.3, -0.25) is 19.5 Å². The van der Waals surface area contributed by atoms with Crippen LogP contribution in [0.2, 0.25) is 0 Å². The van der Waals surface area contributed by atoms with Gasteiger partial charge in [-0.25, -0.2) is 0 Å². The van der Waals surface area contributed by atoms with Gasteiger partial charge in [0.25, 0.3) is 5.91 Å². The first-order valence-corrected chi connectivity index (χ1v) is 17.4. The number of likely N-dealkylation sites (tertiary alicyclic amines) is 2. The number of amides is 1. The number of aryl methyl sites for hydroxylation is 1. The highest BCUT2D eigenvalue weighted by atomic mass is 32.1. The van der Waals surface area contributed by atoms with Crippen molar-refractivity contribution in [1.29, 1.82) is 0 Å². The van der Waals surface area contributed by atoms with Gasteiger partial charge in [-0.05, 0) is 61.6 Å². The van der Waals surface area contributed by atoms with Crippen molar-refractivity contribution in [2.24, 2.45) is 0 Å². The number of halogens is 6. The monoisotopic (exact) mass is 727 g/mol. The Balaban J connectivity index is 1.49. The van der Waals surface area contributed by atoms with E-state index in [-0.39, 0.29) is 57.0 Å². The third-order valence-electron chi connectivity index (χ3n) is 9.62. The van der Waals surface area contributed by atoms with Crippen LogP contribution in [0.4, 0.5) is 26.3 Å². The normalized spacial score (nSPS) is 21.6. The minimum absolute atomic E-state index is 0.0228. The van der Waals surface area contributed by atoms with Crippen molar-refractivity contribution in [1.82, 2.24) is 14.8 Å². The van der Waals surface area contributed by atoms with Gasteiger partial charge in [0, 0.05) is 55.5 Å². The number of aliphatic hydroxyl groups excluding tert-OH is 1. The smallest absolute Gasteiger partial charge is 0.425 e. The fraction of sp³-hybridized carbons (Fsp3) is 0.514. The summed E-state index contributed by atoms with van der Waals surface area (Å²) in [7, 11) is 0. The maximum Gasteiger partial charge on any atom is 0.425 e. The molecule has 0 spiro atoms. The number of aliphatic hydroxyl groups is 1. The van der Waals surface area contributed by atoms with E-state index >= 15 is 0 Å². The second-order valence-corrected chi connectivity index (χ2v) is 13.7. The van der Waals surface area contributed by atoms with E-state index in [2.05, 4.69) is 4.98 Å². The second kappa shape index (κ2) is 15.3. The van der Waals surface area contributed by atoms with Gasteiger partial charge in [0.1, 0.15) is 16.9 Å². The van der Waals surface area contributed by atoms with Crippen LogP contribution in [0, 0.1) is 0 Å². The molecule has 2 aliphatic rings. The molecule has 50 heavy (non-hydrogen) atoms. The number of pyridine rings is 1. The molecule has 2 aromatic heterocycles. The molecule has 3 atom stereocenters. The maximum atomic E-state index is 14.8. The number of rotatable bonds is 11. The summed E-state index contributed by atoms with van der Waals surface area (Å²) in [6.07, 6.45) is -7.14. The predicted octanol–water partition coefficient (Wildman–Crippen LogP) is 7.68. The molecule has 2 N–H and O–H groups in total. The van der Waals surface area contributed by atoms with Crippen LogP contribution in [0.25, 0.3) is 0 Å². The first-order chi connectivity index (χ1) is 23.7. The number of alkyl halides is 6. The Morgan fingerprint density at radius 1 is 1.08 bits per heavy atom. The number of hydrogen-bond acceptors (Lipinski definition) is 7. The number of thiophene rings is 1. The van der Waals surface area contributed by atoms with Gasteiger partial charge in [0.05, 0.1) is 11.6 Å². The summed E-state index contributed by atoms with van der Waals surface area (Å²) in [4.78, 5) is 31.9. The summed E-state index contributed by atoms with van der Waals surface area (Å²) < 4.78 is 89.3. The molecule has 3 aromatic rings. The Hall–Kier alpha value is -3.69. The highest BCUT2D eigenvalue weighted by molar-refractivity contribution is 7.10. The molecular weight excluding hydrogens is 688 g/mol. The lowest BCUT2D eigenvalue weighted by Crippen LogP contribution is -2.68. The number of carbonyl (C=O) groups excluding carboxylic acids is 1. The number of aliphatic carboxylic acids is 1. The summed E-state index contributed by atoms with van der Waals surface area (Å²) in [5, 5.41) is 22.0. The summed E-state index contributed by atoms with van der Waals surface area (Å²) in [5.74, 6) is -1.58. The standard InChI is InChI=1S/C35H39F6N3O5S/c1-2-6-28-33(49-24-19-29(50-21-24)35(39,40)41,14-5-16-44(28)31(47)26-20-42-15-11-27(26)34(36,37)38)32(48)43-17-12-23(13-18-43)25-8-4-3-7-22(25)9-10-30(45)46/h3-4,7-8,11,15,19-21,23,28,31,47H,2,5-6,9-10,12-14,16-18H2,1H3,(H,45,46)/t28-,31?,33+/m1/s1. The topological polar surface area (TPSA) is 103 Å². The summed E-state index contributed by atoms with van der Waals surface area (Å²) in [5.41, 5.74) is -1.51. The van der Waals surface area contributed by atoms with E-state index in [1.54, 1.807) is 11.8 Å². The van der Waals surface area contributed by atoms with Crippen LogP contribution >= 0.6 is 11.3 Å². The van der Waals surface area contributed by atoms with Crippen molar-refractivity contribution in [2.45, 2.75) is 94.4 Å².